The Morgan fingerprint density at radius 1 is 1.24 bits per heavy atom. The van der Waals surface area contributed by atoms with Gasteiger partial charge in [-0.1, -0.05) is 30.0 Å². The highest BCUT2D eigenvalue weighted by molar-refractivity contribution is 9.10. The maximum atomic E-state index is 4.37. The van der Waals surface area contributed by atoms with Crippen molar-refractivity contribution in [2.24, 2.45) is 0 Å². The number of benzene rings is 1. The normalized spacial score (nSPS) is 10.5. The molecule has 0 atom stereocenters. The molecular formula is C13H13BrN2S. The summed E-state index contributed by atoms with van der Waals surface area (Å²) in [6, 6.07) is 12.3. The van der Waals surface area contributed by atoms with Crippen molar-refractivity contribution in [1.29, 1.82) is 0 Å². The van der Waals surface area contributed by atoms with Crippen LogP contribution < -0.4 is 5.32 Å². The first-order chi connectivity index (χ1) is 8.31. The average molecular weight is 309 g/mol. The van der Waals surface area contributed by atoms with E-state index in [2.05, 4.69) is 50.5 Å². The van der Waals surface area contributed by atoms with Crippen LogP contribution in [0.4, 0.5) is 0 Å². The van der Waals surface area contributed by atoms with Gasteiger partial charge in [0.15, 0.2) is 0 Å². The first-order valence-electron chi connectivity index (χ1n) is 5.32. The second-order valence-corrected chi connectivity index (χ2v) is 5.42. The molecule has 0 saturated heterocycles. The van der Waals surface area contributed by atoms with Crippen LogP contribution in [0.3, 0.4) is 0 Å². The van der Waals surface area contributed by atoms with Crippen molar-refractivity contribution in [3.63, 3.8) is 0 Å². The minimum Gasteiger partial charge on any atom is -0.316 e. The summed E-state index contributed by atoms with van der Waals surface area (Å²) in [7, 11) is 1.96. The molecule has 2 aromatic rings. The molecule has 88 valence electrons. The summed E-state index contributed by atoms with van der Waals surface area (Å²) >= 11 is 5.20. The van der Waals surface area contributed by atoms with E-state index in [9.17, 15) is 0 Å². The molecule has 1 heterocycles. The molecule has 0 amide bonds. The van der Waals surface area contributed by atoms with E-state index < -0.39 is 0 Å². The van der Waals surface area contributed by atoms with E-state index in [-0.39, 0.29) is 0 Å². The number of rotatable bonds is 4. The van der Waals surface area contributed by atoms with Gasteiger partial charge < -0.3 is 5.32 Å². The quantitative estimate of drug-likeness (QED) is 0.932. The van der Waals surface area contributed by atoms with E-state index >= 15 is 0 Å². The monoisotopic (exact) mass is 308 g/mol. The van der Waals surface area contributed by atoms with Crippen LogP contribution in [0.1, 0.15) is 5.56 Å². The number of nitrogens with zero attached hydrogens (tertiary/aromatic N) is 1. The van der Waals surface area contributed by atoms with Gasteiger partial charge in [-0.05, 0) is 46.7 Å². The van der Waals surface area contributed by atoms with Gasteiger partial charge in [-0.15, -0.1) is 0 Å². The summed E-state index contributed by atoms with van der Waals surface area (Å²) < 4.78 is 1.03. The highest BCUT2D eigenvalue weighted by Crippen LogP contribution is 2.33. The van der Waals surface area contributed by atoms with Crippen LogP contribution in [-0.2, 0) is 6.54 Å². The lowest BCUT2D eigenvalue weighted by atomic mass is 10.2. The Kier molecular flexibility index (Phi) is 4.59. The maximum absolute atomic E-state index is 4.37. The minimum atomic E-state index is 0.869. The van der Waals surface area contributed by atoms with Gasteiger partial charge in [0.2, 0.25) is 0 Å². The molecule has 2 rings (SSSR count). The Morgan fingerprint density at radius 3 is 2.82 bits per heavy atom. The predicted octanol–water partition coefficient (Wildman–Crippen LogP) is 3.71. The van der Waals surface area contributed by atoms with Gasteiger partial charge in [0.25, 0.3) is 0 Å². The molecule has 1 aromatic carbocycles. The summed E-state index contributed by atoms with van der Waals surface area (Å²) in [5.41, 5.74) is 1.29. The Bertz CT molecular complexity index is 502. The number of hydrogen-bond acceptors (Lipinski definition) is 3. The van der Waals surface area contributed by atoms with Crippen LogP contribution in [0.25, 0.3) is 0 Å². The van der Waals surface area contributed by atoms with Crippen LogP contribution in [0.15, 0.2) is 57.0 Å². The third-order valence-electron chi connectivity index (χ3n) is 2.27. The molecule has 0 radical (unpaired) electrons. The van der Waals surface area contributed by atoms with Gasteiger partial charge in [0.05, 0.1) is 4.47 Å². The van der Waals surface area contributed by atoms with Gasteiger partial charge in [-0.25, -0.2) is 4.98 Å². The molecule has 1 N–H and O–H groups in total. The van der Waals surface area contributed by atoms with Crippen LogP contribution in [0.2, 0.25) is 0 Å². The number of hydrogen-bond donors (Lipinski definition) is 1. The molecular weight excluding hydrogens is 296 g/mol. The molecule has 0 aliphatic rings. The van der Waals surface area contributed by atoms with E-state index in [0.29, 0.717) is 0 Å². The molecule has 1 aromatic heterocycles. The summed E-state index contributed by atoms with van der Waals surface area (Å²) in [5, 5.41) is 4.18. The van der Waals surface area contributed by atoms with Crippen molar-refractivity contribution in [2.45, 2.75) is 16.5 Å². The number of aromatic nitrogens is 1. The van der Waals surface area contributed by atoms with Gasteiger partial charge in [0.1, 0.15) is 5.03 Å². The Balaban J connectivity index is 2.27. The molecule has 0 spiro atoms. The van der Waals surface area contributed by atoms with Crippen LogP contribution in [0.5, 0.6) is 0 Å². The lowest BCUT2D eigenvalue weighted by Gasteiger charge is -2.08. The van der Waals surface area contributed by atoms with Crippen molar-refractivity contribution >= 4 is 27.7 Å². The van der Waals surface area contributed by atoms with Crippen molar-refractivity contribution < 1.29 is 0 Å². The van der Waals surface area contributed by atoms with E-state index in [4.69, 9.17) is 0 Å². The maximum Gasteiger partial charge on any atom is 0.115 e. The Labute approximate surface area is 114 Å². The SMILES string of the molecule is CNCc1ccccc1Sc1ncccc1Br. The third-order valence-corrected chi connectivity index (χ3v) is 4.31. The highest BCUT2D eigenvalue weighted by Gasteiger charge is 2.06. The Morgan fingerprint density at radius 2 is 2.06 bits per heavy atom. The number of pyridine rings is 1. The van der Waals surface area contributed by atoms with E-state index in [1.54, 1.807) is 11.8 Å². The predicted molar refractivity (Wildman–Crippen MR) is 75.3 cm³/mol. The van der Waals surface area contributed by atoms with Crippen LogP contribution >= 0.6 is 27.7 Å². The van der Waals surface area contributed by atoms with Gasteiger partial charge >= 0.3 is 0 Å². The fourth-order valence-electron chi connectivity index (χ4n) is 1.49. The highest BCUT2D eigenvalue weighted by atomic mass is 79.9. The summed E-state index contributed by atoms with van der Waals surface area (Å²) in [5.74, 6) is 0. The minimum absolute atomic E-state index is 0.869. The standard InChI is InChI=1S/C13H13BrN2S/c1-15-9-10-5-2-3-7-12(10)17-13-11(14)6-4-8-16-13/h2-8,15H,9H2,1H3. The zero-order chi connectivity index (χ0) is 12.1. The first-order valence-corrected chi connectivity index (χ1v) is 6.93. The molecule has 0 saturated carbocycles. The molecule has 0 aliphatic carbocycles. The van der Waals surface area contributed by atoms with Crippen LogP contribution in [-0.4, -0.2) is 12.0 Å². The van der Waals surface area contributed by atoms with Crippen molar-refractivity contribution in [2.75, 3.05) is 7.05 Å². The zero-order valence-corrected chi connectivity index (χ0v) is 11.9. The van der Waals surface area contributed by atoms with E-state index in [1.165, 1.54) is 10.5 Å². The van der Waals surface area contributed by atoms with Gasteiger partial charge in [0, 0.05) is 17.6 Å². The summed E-state index contributed by atoms with van der Waals surface area (Å²) in [6.07, 6.45) is 1.81. The van der Waals surface area contributed by atoms with Crippen molar-refractivity contribution in [3.05, 3.63) is 52.6 Å². The molecule has 17 heavy (non-hydrogen) atoms. The average Bonchev–Trinajstić information content (AvgIpc) is 2.35. The largest absolute Gasteiger partial charge is 0.316 e. The Hall–Kier alpha value is -0.840. The van der Waals surface area contributed by atoms with Crippen molar-refractivity contribution in [3.8, 4) is 0 Å². The lowest BCUT2D eigenvalue weighted by molar-refractivity contribution is 0.803. The molecule has 4 heteroatoms. The van der Waals surface area contributed by atoms with E-state index in [1.807, 2.05) is 25.4 Å². The topological polar surface area (TPSA) is 24.9 Å². The summed E-state index contributed by atoms with van der Waals surface area (Å²) in [6.45, 7) is 0.869. The second kappa shape index (κ2) is 6.19. The first kappa shape index (κ1) is 12.6. The van der Waals surface area contributed by atoms with Gasteiger partial charge in [-0.2, -0.15) is 0 Å². The fraction of sp³-hybridized carbons (Fsp3) is 0.154. The summed E-state index contributed by atoms with van der Waals surface area (Å²) in [4.78, 5) is 5.61. The van der Waals surface area contributed by atoms with Crippen molar-refractivity contribution in [1.82, 2.24) is 10.3 Å². The fourth-order valence-corrected chi connectivity index (χ4v) is 2.89. The molecule has 0 unspecified atom stereocenters. The zero-order valence-electron chi connectivity index (χ0n) is 9.48. The third kappa shape index (κ3) is 3.31. The smallest absolute Gasteiger partial charge is 0.115 e. The number of halogens is 1. The molecule has 0 bridgehead atoms. The van der Waals surface area contributed by atoms with Gasteiger partial charge in [-0.3, -0.25) is 0 Å². The lowest BCUT2D eigenvalue weighted by Crippen LogP contribution is -2.05. The molecule has 0 fully saturated rings. The van der Waals surface area contributed by atoms with Crippen LogP contribution in [0, 0.1) is 0 Å². The molecule has 0 aliphatic heterocycles. The second-order valence-electron chi connectivity index (χ2n) is 3.53. The molecule has 2 nitrogen and oxygen atoms in total. The number of nitrogens with one attached hydrogen (secondary N) is 1. The van der Waals surface area contributed by atoms with E-state index in [0.717, 1.165) is 16.0 Å².